The van der Waals surface area contributed by atoms with Gasteiger partial charge in [0.05, 0.1) is 5.41 Å². The van der Waals surface area contributed by atoms with Crippen molar-refractivity contribution in [3.63, 3.8) is 0 Å². The summed E-state index contributed by atoms with van der Waals surface area (Å²) in [6, 6.07) is 62.3. The topological polar surface area (TPSA) is 0 Å². The highest BCUT2D eigenvalue weighted by Crippen LogP contribution is 2.59. The first-order valence-corrected chi connectivity index (χ1v) is 20.6. The predicted molar refractivity (Wildman–Crippen MR) is 233 cm³/mol. The second-order valence-corrected chi connectivity index (χ2v) is 17.4. The molecular formula is C54H36B2. The lowest BCUT2D eigenvalue weighted by Crippen LogP contribution is -2.61. The van der Waals surface area contributed by atoms with Gasteiger partial charge in [0, 0.05) is 0 Å². The molecule has 0 unspecified atom stereocenters. The molecule has 6 aliphatic rings. The van der Waals surface area contributed by atoms with Crippen molar-refractivity contribution in [2.75, 3.05) is 0 Å². The molecule has 0 fully saturated rings. The van der Waals surface area contributed by atoms with E-state index in [1.54, 1.807) is 10.9 Å². The molecule has 258 valence electrons. The average molecular weight is 707 g/mol. The van der Waals surface area contributed by atoms with Gasteiger partial charge in [0.15, 0.2) is 0 Å². The van der Waals surface area contributed by atoms with Crippen molar-refractivity contribution in [2.45, 2.75) is 37.5 Å². The van der Waals surface area contributed by atoms with Gasteiger partial charge in [-0.1, -0.05) is 191 Å². The van der Waals surface area contributed by atoms with Crippen LogP contribution in [0.3, 0.4) is 0 Å². The van der Waals surface area contributed by atoms with E-state index in [1.807, 2.05) is 0 Å². The Morgan fingerprint density at radius 1 is 0.286 bits per heavy atom. The largest absolute Gasteiger partial charge is 0.242 e. The molecule has 0 radical (unpaired) electrons. The summed E-state index contributed by atoms with van der Waals surface area (Å²) in [4.78, 5) is 0. The van der Waals surface area contributed by atoms with Crippen LogP contribution in [0.2, 0.25) is 0 Å². The Balaban J connectivity index is 1.08. The molecule has 2 heteroatoms. The second kappa shape index (κ2) is 10.6. The van der Waals surface area contributed by atoms with E-state index in [2.05, 4.69) is 158 Å². The lowest BCUT2D eigenvalue weighted by atomic mass is 9.30. The SMILES string of the molecule is c1ccc2c(c1)Cc1cccc3c1B2c1cc2c(cc1C3)Cc1cc3c(cc1C21c2ccccc2-c2ccccc21)B1c2ccccc2Cc2cccc(c21)C3. The van der Waals surface area contributed by atoms with Crippen LogP contribution in [0.5, 0.6) is 0 Å². The lowest BCUT2D eigenvalue weighted by Gasteiger charge is -2.44. The van der Waals surface area contributed by atoms with Crippen LogP contribution in [-0.4, -0.2) is 13.4 Å². The Morgan fingerprint density at radius 3 is 1.14 bits per heavy atom. The molecule has 0 atom stereocenters. The van der Waals surface area contributed by atoms with Gasteiger partial charge in [0.2, 0.25) is 13.4 Å². The average Bonchev–Trinajstić information content (AvgIpc) is 3.53. The summed E-state index contributed by atoms with van der Waals surface area (Å²) in [6.07, 6.45) is 5.01. The maximum atomic E-state index is 2.72. The zero-order valence-corrected chi connectivity index (χ0v) is 31.2. The third-order valence-corrected chi connectivity index (χ3v) is 14.9. The normalized spacial score (nSPS) is 15.9. The van der Waals surface area contributed by atoms with Gasteiger partial charge in [-0.15, -0.1) is 0 Å². The van der Waals surface area contributed by atoms with Gasteiger partial charge >= 0.3 is 0 Å². The fourth-order valence-electron chi connectivity index (χ4n) is 12.8. The lowest BCUT2D eigenvalue weighted by molar-refractivity contribution is 0.721. The highest BCUT2D eigenvalue weighted by molar-refractivity contribution is 6.98. The molecule has 0 aromatic heterocycles. The summed E-state index contributed by atoms with van der Waals surface area (Å²) >= 11 is 0. The molecule has 0 amide bonds. The molecule has 4 aliphatic heterocycles. The molecule has 0 nitrogen and oxygen atoms in total. The first kappa shape index (κ1) is 30.2. The van der Waals surface area contributed by atoms with Crippen molar-refractivity contribution in [3.8, 4) is 11.1 Å². The number of hydrogen-bond donors (Lipinski definition) is 0. The van der Waals surface area contributed by atoms with E-state index < -0.39 is 5.41 Å². The standard InChI is InChI=1S/C54H36B2/c1-7-21-48-32(11-1)23-34-13-9-15-36-25-40-28-38-27-39-29-41-26-37-16-10-14-35-24-33-12-2-8-22-49(33)56(53(35)37)51(41)31-47(39)54(46(38)30-50(40)55(48)52(34)36)44-19-5-3-17-42(44)43-18-4-6-20-45(43)54/h1-22,28-31H,23-27H2. The third-order valence-electron chi connectivity index (χ3n) is 14.9. The summed E-state index contributed by atoms with van der Waals surface area (Å²) in [5.74, 6) is 0. The van der Waals surface area contributed by atoms with E-state index in [0.717, 1.165) is 32.1 Å². The predicted octanol–water partition coefficient (Wildman–Crippen LogP) is 6.60. The van der Waals surface area contributed by atoms with Gasteiger partial charge in [-0.2, -0.15) is 0 Å². The highest BCUT2D eigenvalue weighted by Gasteiger charge is 2.52. The van der Waals surface area contributed by atoms with Crippen LogP contribution >= 0.6 is 0 Å². The number of hydrogen-bond acceptors (Lipinski definition) is 0. The van der Waals surface area contributed by atoms with Crippen molar-refractivity contribution in [1.29, 1.82) is 0 Å². The molecule has 8 aromatic rings. The summed E-state index contributed by atoms with van der Waals surface area (Å²) in [7, 11) is 0. The molecule has 0 N–H and O–H groups in total. The molecule has 0 saturated carbocycles. The van der Waals surface area contributed by atoms with E-state index in [1.165, 1.54) is 111 Å². The van der Waals surface area contributed by atoms with Crippen molar-refractivity contribution >= 4 is 46.2 Å². The number of benzene rings is 8. The maximum Gasteiger partial charge on any atom is 0.242 e. The molecule has 1 spiro atoms. The van der Waals surface area contributed by atoms with Crippen molar-refractivity contribution < 1.29 is 0 Å². The van der Waals surface area contributed by atoms with Crippen LogP contribution in [0, 0.1) is 0 Å². The van der Waals surface area contributed by atoms with Crippen molar-refractivity contribution in [2.24, 2.45) is 0 Å². The monoisotopic (exact) mass is 706 g/mol. The minimum absolute atomic E-state index is 0.253. The molecular weight excluding hydrogens is 670 g/mol. The zero-order chi connectivity index (χ0) is 36.3. The molecule has 14 rings (SSSR count). The minimum atomic E-state index is -0.415. The fraction of sp³-hybridized carbons (Fsp3) is 0.111. The van der Waals surface area contributed by atoms with Gasteiger partial charge in [0.25, 0.3) is 0 Å². The zero-order valence-electron chi connectivity index (χ0n) is 31.2. The van der Waals surface area contributed by atoms with Crippen molar-refractivity contribution in [3.05, 3.63) is 236 Å². The van der Waals surface area contributed by atoms with Crippen LogP contribution in [0.4, 0.5) is 0 Å². The van der Waals surface area contributed by atoms with E-state index in [4.69, 9.17) is 0 Å². The smallest absolute Gasteiger partial charge is 0.0667 e. The minimum Gasteiger partial charge on any atom is -0.0667 e. The summed E-state index contributed by atoms with van der Waals surface area (Å²) in [5, 5.41) is 0. The van der Waals surface area contributed by atoms with E-state index in [0.29, 0.717) is 0 Å². The van der Waals surface area contributed by atoms with Crippen molar-refractivity contribution in [1.82, 2.24) is 0 Å². The Bertz CT molecular complexity index is 2880. The van der Waals surface area contributed by atoms with Gasteiger partial charge in [-0.3, -0.25) is 0 Å². The van der Waals surface area contributed by atoms with Gasteiger partial charge in [-0.25, -0.2) is 0 Å². The van der Waals surface area contributed by atoms with Gasteiger partial charge < -0.3 is 0 Å². The van der Waals surface area contributed by atoms with Crippen LogP contribution in [-0.2, 0) is 37.5 Å². The Labute approximate surface area is 329 Å². The molecule has 0 saturated heterocycles. The van der Waals surface area contributed by atoms with Gasteiger partial charge in [0.1, 0.15) is 0 Å². The Kier molecular flexibility index (Phi) is 5.70. The van der Waals surface area contributed by atoms with Crippen LogP contribution in [0.25, 0.3) is 11.1 Å². The highest BCUT2D eigenvalue weighted by atomic mass is 14.5. The van der Waals surface area contributed by atoms with E-state index in [9.17, 15) is 0 Å². The first-order valence-electron chi connectivity index (χ1n) is 20.6. The summed E-state index contributed by atoms with van der Waals surface area (Å²) < 4.78 is 0. The Hall–Kier alpha value is -6.11. The maximum absolute atomic E-state index is 2.72. The van der Waals surface area contributed by atoms with Crippen LogP contribution in [0.15, 0.2) is 158 Å². The first-order chi connectivity index (χ1) is 27.7. The molecule has 0 bridgehead atoms. The third kappa shape index (κ3) is 3.65. The van der Waals surface area contributed by atoms with E-state index >= 15 is 0 Å². The summed E-state index contributed by atoms with van der Waals surface area (Å²) in [6.45, 7) is 0.505. The number of rotatable bonds is 0. The Morgan fingerprint density at radius 2 is 0.661 bits per heavy atom. The number of fused-ring (bicyclic) bond motifs is 17. The van der Waals surface area contributed by atoms with Gasteiger partial charge in [-0.05, 0) is 121 Å². The van der Waals surface area contributed by atoms with E-state index in [-0.39, 0.29) is 13.4 Å². The fourth-order valence-corrected chi connectivity index (χ4v) is 12.8. The summed E-state index contributed by atoms with van der Waals surface area (Å²) in [5.41, 5.74) is 32.3. The molecule has 56 heavy (non-hydrogen) atoms. The molecule has 8 aromatic carbocycles. The quantitative estimate of drug-likeness (QED) is 0.156. The van der Waals surface area contributed by atoms with Crippen LogP contribution in [0.1, 0.15) is 77.9 Å². The van der Waals surface area contributed by atoms with Crippen LogP contribution < -0.4 is 32.8 Å². The molecule has 4 heterocycles. The second-order valence-electron chi connectivity index (χ2n) is 17.4. The molecule has 2 aliphatic carbocycles.